The molecule has 0 amide bonds. The Morgan fingerprint density at radius 3 is 2.63 bits per heavy atom. The highest BCUT2D eigenvalue weighted by Crippen LogP contribution is 2.19. The Balaban J connectivity index is 1.76. The zero-order valence-corrected chi connectivity index (χ0v) is 16.1. The maximum atomic E-state index is 13.3. The second-order valence-corrected chi connectivity index (χ2v) is 7.31. The summed E-state index contributed by atoms with van der Waals surface area (Å²) in [5, 5.41) is 3.24. The third kappa shape index (κ3) is 3.79. The lowest BCUT2D eigenvalue weighted by Gasteiger charge is -2.21. The minimum Gasteiger partial charge on any atom is -0.317 e. The first kappa shape index (κ1) is 17.9. The Morgan fingerprint density at radius 1 is 1.15 bits per heavy atom. The highest BCUT2D eigenvalue weighted by Gasteiger charge is 2.20. The molecule has 0 spiro atoms. The van der Waals surface area contributed by atoms with Gasteiger partial charge < -0.3 is 10.7 Å². The van der Waals surface area contributed by atoms with Gasteiger partial charge in [0.25, 0.3) is 5.56 Å². The molecular weight excluding hydrogens is 411 g/mol. The van der Waals surface area contributed by atoms with Gasteiger partial charge in [-0.05, 0) is 54.9 Å². The average molecular weight is 429 g/mol. The third-order valence-corrected chi connectivity index (χ3v) is 5.09. The van der Waals surface area contributed by atoms with Crippen LogP contribution in [-0.2, 0) is 19.5 Å². The predicted molar refractivity (Wildman–Crippen MR) is 107 cm³/mol. The van der Waals surface area contributed by atoms with Gasteiger partial charge in [0, 0.05) is 22.1 Å². The number of rotatable bonds is 4. The first-order valence-electron chi connectivity index (χ1n) is 8.71. The molecule has 27 heavy (non-hydrogen) atoms. The summed E-state index contributed by atoms with van der Waals surface area (Å²) in [6.45, 7) is 1.79. The smallest absolute Gasteiger partial charge is 0.275 e. The molecule has 1 aliphatic rings. The van der Waals surface area contributed by atoms with Crippen LogP contribution in [0.1, 0.15) is 16.8 Å². The maximum absolute atomic E-state index is 13.3. The molecule has 0 radical (unpaired) electrons. The summed E-state index contributed by atoms with van der Waals surface area (Å²) in [5.74, 6) is 0.162. The molecule has 4 rings (SSSR count). The number of hydrogen-bond donors (Lipinski definition) is 2. The van der Waals surface area contributed by atoms with Crippen molar-refractivity contribution in [2.24, 2.45) is 0 Å². The molecule has 2 heterocycles. The van der Waals surface area contributed by atoms with E-state index in [0.717, 1.165) is 27.8 Å². The fourth-order valence-electron chi connectivity index (χ4n) is 3.13. The molecule has 138 valence electrons. The van der Waals surface area contributed by atoms with Crippen LogP contribution in [0, 0.1) is 5.82 Å². The Kier molecular flexibility index (Phi) is 5.05. The monoisotopic (exact) mass is 428 g/mol. The number of aromatic nitrogens is 2. The summed E-state index contributed by atoms with van der Waals surface area (Å²) >= 11 is 3.42. The molecule has 2 aromatic carbocycles. The minimum absolute atomic E-state index is 0.0991. The second-order valence-electron chi connectivity index (χ2n) is 6.40. The summed E-state index contributed by atoms with van der Waals surface area (Å²) in [5.41, 5.74) is 6.30. The van der Waals surface area contributed by atoms with E-state index < -0.39 is 0 Å². The third-order valence-electron chi connectivity index (χ3n) is 4.56. The van der Waals surface area contributed by atoms with Gasteiger partial charge in [-0.1, -0.05) is 28.1 Å². The van der Waals surface area contributed by atoms with Gasteiger partial charge in [-0.15, -0.1) is 0 Å². The van der Waals surface area contributed by atoms with E-state index in [0.29, 0.717) is 30.9 Å². The zero-order valence-electron chi connectivity index (χ0n) is 14.5. The summed E-state index contributed by atoms with van der Waals surface area (Å²) in [4.78, 5) is 17.8. The van der Waals surface area contributed by atoms with Crippen molar-refractivity contribution in [3.05, 3.63) is 86.0 Å². The highest BCUT2D eigenvalue weighted by atomic mass is 79.9. The van der Waals surface area contributed by atoms with Crippen molar-refractivity contribution < 1.29 is 4.39 Å². The van der Waals surface area contributed by atoms with Crippen LogP contribution in [0.3, 0.4) is 0 Å². The van der Waals surface area contributed by atoms with Crippen molar-refractivity contribution in [1.29, 1.82) is 0 Å². The Labute approximate surface area is 164 Å². The van der Waals surface area contributed by atoms with E-state index in [-0.39, 0.29) is 11.4 Å². The van der Waals surface area contributed by atoms with Crippen molar-refractivity contribution in [2.75, 3.05) is 12.0 Å². The first-order valence-corrected chi connectivity index (χ1v) is 9.51. The number of nitrogens with zero attached hydrogens (tertiary/aromatic N) is 2. The van der Waals surface area contributed by atoms with Crippen molar-refractivity contribution in [2.45, 2.75) is 19.5 Å². The van der Waals surface area contributed by atoms with Crippen LogP contribution in [0.25, 0.3) is 11.4 Å². The van der Waals surface area contributed by atoms with Crippen LogP contribution in [0.4, 0.5) is 4.39 Å². The first-order chi connectivity index (χ1) is 13.1. The number of hydrogen-bond acceptors (Lipinski definition) is 4. The molecule has 0 unspecified atom stereocenters. The Morgan fingerprint density at radius 2 is 1.89 bits per heavy atom. The van der Waals surface area contributed by atoms with E-state index in [9.17, 15) is 9.18 Å². The molecule has 0 bridgehead atoms. The van der Waals surface area contributed by atoms with E-state index in [4.69, 9.17) is 4.98 Å². The van der Waals surface area contributed by atoms with Crippen molar-refractivity contribution in [1.82, 2.24) is 15.0 Å². The van der Waals surface area contributed by atoms with E-state index in [1.807, 2.05) is 24.3 Å². The quantitative estimate of drug-likeness (QED) is 0.669. The number of nitrogens with one attached hydrogen (secondary N) is 2. The predicted octanol–water partition coefficient (Wildman–Crippen LogP) is 3.20. The van der Waals surface area contributed by atoms with Gasteiger partial charge in [0.15, 0.2) is 5.82 Å². The zero-order chi connectivity index (χ0) is 18.8. The lowest BCUT2D eigenvalue weighted by molar-refractivity contribution is 0.606. The summed E-state index contributed by atoms with van der Waals surface area (Å²) < 4.78 is 15.8. The fourth-order valence-corrected chi connectivity index (χ4v) is 3.39. The molecule has 7 heteroatoms. The number of benzene rings is 2. The second kappa shape index (κ2) is 7.62. The Hall–Kier alpha value is -2.51. The van der Waals surface area contributed by atoms with Crippen LogP contribution in [-0.4, -0.2) is 16.2 Å². The summed E-state index contributed by atoms with van der Waals surface area (Å²) in [6, 6.07) is 13.9. The molecule has 1 aromatic heterocycles. The summed E-state index contributed by atoms with van der Waals surface area (Å²) in [6.07, 6.45) is 0.644. The van der Waals surface area contributed by atoms with Gasteiger partial charge in [-0.2, -0.15) is 0 Å². The highest BCUT2D eigenvalue weighted by molar-refractivity contribution is 9.10. The lowest BCUT2D eigenvalue weighted by Crippen LogP contribution is -2.39. The maximum Gasteiger partial charge on any atom is 0.275 e. The molecule has 0 saturated heterocycles. The molecule has 0 saturated carbocycles. The summed E-state index contributed by atoms with van der Waals surface area (Å²) in [7, 11) is 0. The van der Waals surface area contributed by atoms with E-state index in [1.165, 1.54) is 16.8 Å². The van der Waals surface area contributed by atoms with E-state index >= 15 is 0 Å². The Bertz CT molecular complexity index is 1020. The van der Waals surface area contributed by atoms with Gasteiger partial charge in [0.05, 0.1) is 12.2 Å². The lowest BCUT2D eigenvalue weighted by atomic mass is 10.1. The van der Waals surface area contributed by atoms with Crippen LogP contribution in [0.2, 0.25) is 0 Å². The number of fused-ring (bicyclic) bond motifs is 1. The molecule has 3 aromatic rings. The van der Waals surface area contributed by atoms with Crippen LogP contribution >= 0.6 is 15.9 Å². The van der Waals surface area contributed by atoms with Gasteiger partial charge in [-0.25, -0.2) is 14.1 Å². The number of halogens is 2. The van der Waals surface area contributed by atoms with Crippen molar-refractivity contribution >= 4 is 15.9 Å². The molecule has 0 fully saturated rings. The van der Waals surface area contributed by atoms with Crippen LogP contribution in [0.5, 0.6) is 0 Å². The average Bonchev–Trinajstić information content (AvgIpc) is 2.69. The van der Waals surface area contributed by atoms with Crippen LogP contribution in [0.15, 0.2) is 57.8 Å². The van der Waals surface area contributed by atoms with E-state index in [1.54, 1.807) is 12.1 Å². The van der Waals surface area contributed by atoms with Gasteiger partial charge >= 0.3 is 0 Å². The van der Waals surface area contributed by atoms with Gasteiger partial charge in [0.2, 0.25) is 0 Å². The fraction of sp³-hybridized carbons (Fsp3) is 0.200. The topological polar surface area (TPSA) is 59.0 Å². The van der Waals surface area contributed by atoms with E-state index in [2.05, 4.69) is 26.7 Å². The normalized spacial score (nSPS) is 13.3. The van der Waals surface area contributed by atoms with Gasteiger partial charge in [0.1, 0.15) is 5.82 Å². The van der Waals surface area contributed by atoms with Crippen molar-refractivity contribution in [3.8, 4) is 11.4 Å². The van der Waals surface area contributed by atoms with Crippen LogP contribution < -0.4 is 16.3 Å². The molecule has 5 nitrogen and oxygen atoms in total. The molecular formula is C20H18BrFN4O. The minimum atomic E-state index is -0.324. The molecule has 1 aliphatic heterocycles. The largest absolute Gasteiger partial charge is 0.317 e. The SMILES string of the molecule is O=c1c2c(nc(-c3ccc(F)cc3)n1NCc1ccc(Br)cc1)CNCC2. The molecule has 0 atom stereocenters. The van der Waals surface area contributed by atoms with Crippen molar-refractivity contribution in [3.63, 3.8) is 0 Å². The molecule has 2 N–H and O–H groups in total. The molecule has 0 aliphatic carbocycles. The standard InChI is InChI=1S/C20H18BrFN4O/c21-15-5-1-13(2-6-15)11-24-26-19(14-3-7-16(22)8-4-14)25-18-12-23-10-9-17(18)20(26)27/h1-8,23-24H,9-12H2. The van der Waals surface area contributed by atoms with Gasteiger partial charge in [-0.3, -0.25) is 4.79 Å².